The van der Waals surface area contributed by atoms with E-state index in [0.717, 1.165) is 34.6 Å². The van der Waals surface area contributed by atoms with Gasteiger partial charge < -0.3 is 10.2 Å². The summed E-state index contributed by atoms with van der Waals surface area (Å²) in [5, 5.41) is 2.66. The number of benzene rings is 2. The van der Waals surface area contributed by atoms with Gasteiger partial charge in [-0.2, -0.15) is 0 Å². The molecule has 1 aliphatic rings. The van der Waals surface area contributed by atoms with Crippen LogP contribution in [0.3, 0.4) is 0 Å². The van der Waals surface area contributed by atoms with E-state index in [0.29, 0.717) is 0 Å². The molecule has 2 aromatic rings. The summed E-state index contributed by atoms with van der Waals surface area (Å²) in [6, 6.07) is 11.2. The number of likely N-dealkylation sites (tertiary alicyclic amines) is 1. The Morgan fingerprint density at radius 3 is 2.31 bits per heavy atom. The standard InChI is InChI=1S/C21H26FN3O3S/c1-24(2)29(27,28)18-9-10-20(22)19(13-18)21(26)23-14-16-5-7-17(8-6-16)15-25-11-3-4-12-25/h5-10,13H,3-4,11-12,14-15H2,1-2H3,(H,23,26)/p+1. The minimum absolute atomic E-state index is 0.122. The van der Waals surface area contributed by atoms with Crippen LogP contribution >= 0.6 is 0 Å². The van der Waals surface area contributed by atoms with Crippen molar-refractivity contribution in [3.8, 4) is 0 Å². The van der Waals surface area contributed by atoms with E-state index in [4.69, 9.17) is 0 Å². The number of hydrogen-bond donors (Lipinski definition) is 2. The molecule has 1 saturated heterocycles. The molecule has 1 heterocycles. The molecule has 156 valence electrons. The Balaban J connectivity index is 1.64. The van der Waals surface area contributed by atoms with Gasteiger partial charge in [0.05, 0.1) is 23.5 Å². The summed E-state index contributed by atoms with van der Waals surface area (Å²) in [6.07, 6.45) is 2.57. The average Bonchev–Trinajstić information content (AvgIpc) is 3.20. The van der Waals surface area contributed by atoms with Gasteiger partial charge in [0.1, 0.15) is 12.4 Å². The lowest BCUT2D eigenvalue weighted by Crippen LogP contribution is -3.08. The number of carbonyl (C=O) groups excluding carboxylic acids is 1. The average molecular weight is 421 g/mol. The summed E-state index contributed by atoms with van der Waals surface area (Å²) in [5.74, 6) is -1.41. The van der Waals surface area contributed by atoms with Crippen LogP contribution in [0.5, 0.6) is 0 Å². The SMILES string of the molecule is CN(C)S(=O)(=O)c1ccc(F)c(C(=O)NCc2ccc(C[NH+]3CCCC3)cc2)c1. The highest BCUT2D eigenvalue weighted by molar-refractivity contribution is 7.89. The third-order valence-corrected chi connectivity index (χ3v) is 7.01. The Labute approximate surface area is 171 Å². The second-order valence-electron chi connectivity index (χ2n) is 7.56. The Morgan fingerprint density at radius 2 is 1.69 bits per heavy atom. The first-order valence-electron chi connectivity index (χ1n) is 9.69. The molecular formula is C21H27FN3O3S+. The predicted molar refractivity (Wildman–Crippen MR) is 109 cm³/mol. The van der Waals surface area contributed by atoms with Crippen LogP contribution < -0.4 is 10.2 Å². The number of hydrogen-bond acceptors (Lipinski definition) is 3. The van der Waals surface area contributed by atoms with E-state index in [1.165, 1.54) is 45.6 Å². The molecule has 6 nitrogen and oxygen atoms in total. The molecule has 3 rings (SSSR count). The van der Waals surface area contributed by atoms with Gasteiger partial charge in [-0.25, -0.2) is 17.1 Å². The third-order valence-electron chi connectivity index (χ3n) is 5.20. The lowest BCUT2D eigenvalue weighted by atomic mass is 10.1. The zero-order valence-electron chi connectivity index (χ0n) is 16.7. The van der Waals surface area contributed by atoms with Crippen molar-refractivity contribution in [2.24, 2.45) is 0 Å². The van der Waals surface area contributed by atoms with Crippen LogP contribution in [-0.4, -0.2) is 45.8 Å². The van der Waals surface area contributed by atoms with E-state index in [1.807, 2.05) is 12.1 Å². The fourth-order valence-corrected chi connectivity index (χ4v) is 4.37. The minimum atomic E-state index is -3.75. The molecule has 0 aromatic heterocycles. The number of quaternary nitrogens is 1. The summed E-state index contributed by atoms with van der Waals surface area (Å²) < 4.78 is 39.6. The molecule has 0 unspecified atom stereocenters. The Morgan fingerprint density at radius 1 is 1.07 bits per heavy atom. The monoisotopic (exact) mass is 420 g/mol. The number of sulfonamides is 1. The highest BCUT2D eigenvalue weighted by Crippen LogP contribution is 2.18. The van der Waals surface area contributed by atoms with Crippen LogP contribution in [0.4, 0.5) is 4.39 Å². The first-order chi connectivity index (χ1) is 13.8. The molecule has 0 aliphatic carbocycles. The van der Waals surface area contributed by atoms with Crippen molar-refractivity contribution in [2.45, 2.75) is 30.8 Å². The molecule has 0 radical (unpaired) electrons. The summed E-state index contributed by atoms with van der Waals surface area (Å²) in [4.78, 5) is 13.9. The molecule has 0 saturated carbocycles. The van der Waals surface area contributed by atoms with Crippen molar-refractivity contribution in [1.82, 2.24) is 9.62 Å². The summed E-state index contributed by atoms with van der Waals surface area (Å²) in [6.45, 7) is 3.67. The first kappa shape index (κ1) is 21.4. The molecule has 1 fully saturated rings. The van der Waals surface area contributed by atoms with Crippen LogP contribution in [0.15, 0.2) is 47.4 Å². The van der Waals surface area contributed by atoms with E-state index < -0.39 is 21.7 Å². The highest BCUT2D eigenvalue weighted by Gasteiger charge is 2.21. The Kier molecular flexibility index (Phi) is 6.66. The van der Waals surface area contributed by atoms with Gasteiger partial charge in [-0.3, -0.25) is 4.79 Å². The van der Waals surface area contributed by atoms with Crippen LogP contribution in [0.2, 0.25) is 0 Å². The van der Waals surface area contributed by atoms with Gasteiger partial charge in [0.2, 0.25) is 10.0 Å². The third kappa shape index (κ3) is 5.20. The van der Waals surface area contributed by atoms with Gasteiger partial charge >= 0.3 is 0 Å². The van der Waals surface area contributed by atoms with Gasteiger partial charge in [0.25, 0.3) is 5.91 Å². The normalized spacial score (nSPS) is 15.0. The van der Waals surface area contributed by atoms with Crippen molar-refractivity contribution < 1.29 is 22.5 Å². The van der Waals surface area contributed by atoms with Crippen LogP contribution in [0.25, 0.3) is 0 Å². The maximum atomic E-state index is 14.1. The van der Waals surface area contributed by atoms with Gasteiger partial charge in [0, 0.05) is 39.0 Å². The number of amides is 1. The second-order valence-corrected chi connectivity index (χ2v) is 9.71. The Hall–Kier alpha value is -2.29. The quantitative estimate of drug-likeness (QED) is 0.707. The predicted octanol–water partition coefficient (Wildman–Crippen LogP) is 1.18. The van der Waals surface area contributed by atoms with Gasteiger partial charge in [-0.15, -0.1) is 0 Å². The van der Waals surface area contributed by atoms with E-state index >= 15 is 0 Å². The number of rotatable bonds is 7. The van der Waals surface area contributed by atoms with Gasteiger partial charge in [0.15, 0.2) is 0 Å². The number of nitrogens with zero attached hydrogens (tertiary/aromatic N) is 1. The topological polar surface area (TPSA) is 70.9 Å². The summed E-state index contributed by atoms with van der Waals surface area (Å²) in [5.41, 5.74) is 1.86. The lowest BCUT2D eigenvalue weighted by molar-refractivity contribution is -0.901. The Bertz CT molecular complexity index is 969. The molecule has 29 heavy (non-hydrogen) atoms. The fraction of sp³-hybridized carbons (Fsp3) is 0.381. The maximum absolute atomic E-state index is 14.1. The highest BCUT2D eigenvalue weighted by atomic mass is 32.2. The second kappa shape index (κ2) is 9.02. The van der Waals surface area contributed by atoms with Crippen molar-refractivity contribution in [3.05, 3.63) is 65.0 Å². The van der Waals surface area contributed by atoms with Gasteiger partial charge in [-0.05, 0) is 23.8 Å². The largest absolute Gasteiger partial charge is 0.348 e. The zero-order valence-corrected chi connectivity index (χ0v) is 17.6. The maximum Gasteiger partial charge on any atom is 0.254 e. The summed E-state index contributed by atoms with van der Waals surface area (Å²) >= 11 is 0. The number of carbonyl (C=O) groups is 1. The number of halogens is 1. The molecule has 2 aromatic carbocycles. The number of nitrogens with one attached hydrogen (secondary N) is 2. The molecule has 8 heteroatoms. The molecular weight excluding hydrogens is 393 g/mol. The molecule has 0 spiro atoms. The van der Waals surface area contributed by atoms with Crippen molar-refractivity contribution in [1.29, 1.82) is 0 Å². The fourth-order valence-electron chi connectivity index (χ4n) is 3.44. The molecule has 0 atom stereocenters. The van der Waals surface area contributed by atoms with Crippen LogP contribution in [0, 0.1) is 5.82 Å². The van der Waals surface area contributed by atoms with Crippen LogP contribution in [-0.2, 0) is 23.1 Å². The first-order valence-corrected chi connectivity index (χ1v) is 11.1. The van der Waals surface area contributed by atoms with E-state index in [1.54, 1.807) is 4.90 Å². The van der Waals surface area contributed by atoms with Crippen LogP contribution in [0.1, 0.15) is 34.3 Å². The minimum Gasteiger partial charge on any atom is -0.348 e. The van der Waals surface area contributed by atoms with E-state index in [-0.39, 0.29) is 17.0 Å². The molecule has 0 bridgehead atoms. The smallest absolute Gasteiger partial charge is 0.254 e. The molecule has 1 aliphatic heterocycles. The van der Waals surface area contributed by atoms with E-state index in [9.17, 15) is 17.6 Å². The molecule has 2 N–H and O–H groups in total. The van der Waals surface area contributed by atoms with Crippen molar-refractivity contribution >= 4 is 15.9 Å². The van der Waals surface area contributed by atoms with Crippen molar-refractivity contribution in [2.75, 3.05) is 27.2 Å². The lowest BCUT2D eigenvalue weighted by Gasteiger charge is -2.13. The zero-order chi connectivity index (χ0) is 21.0. The molecule has 1 amide bonds. The van der Waals surface area contributed by atoms with E-state index in [2.05, 4.69) is 17.4 Å². The van der Waals surface area contributed by atoms with Gasteiger partial charge in [-0.1, -0.05) is 24.3 Å². The van der Waals surface area contributed by atoms with Crippen molar-refractivity contribution in [3.63, 3.8) is 0 Å². The summed E-state index contributed by atoms with van der Waals surface area (Å²) in [7, 11) is -0.982.